The Morgan fingerprint density at radius 3 is 2.54 bits per heavy atom. The van der Waals surface area contributed by atoms with Gasteiger partial charge in [0, 0.05) is 5.92 Å². The van der Waals surface area contributed by atoms with E-state index in [9.17, 15) is 9.59 Å². The predicted octanol–water partition coefficient (Wildman–Crippen LogP) is 0.199. The van der Waals surface area contributed by atoms with Gasteiger partial charge in [0.25, 0.3) is 5.78 Å². The summed E-state index contributed by atoms with van der Waals surface area (Å²) < 4.78 is 4.54. The zero-order valence-electron chi connectivity index (χ0n) is 7.32. The number of ether oxygens (including phenoxy) is 1. The minimum absolute atomic E-state index is 0.143. The highest BCUT2D eigenvalue weighted by atomic mass is 16.5. The molecule has 1 saturated carbocycles. The first-order valence-corrected chi connectivity index (χ1v) is 4.14. The van der Waals surface area contributed by atoms with Gasteiger partial charge in [-0.25, -0.2) is 4.79 Å². The van der Waals surface area contributed by atoms with Gasteiger partial charge in [0.15, 0.2) is 0 Å². The Bertz CT molecular complexity index is 288. The fourth-order valence-corrected chi connectivity index (χ4v) is 0.929. The van der Waals surface area contributed by atoms with Crippen molar-refractivity contribution < 1.29 is 19.1 Å². The molecule has 1 rings (SSSR count). The molecule has 0 atom stereocenters. The third-order valence-corrected chi connectivity index (χ3v) is 1.75. The van der Waals surface area contributed by atoms with Crippen LogP contribution in [0.2, 0.25) is 0 Å². The summed E-state index contributed by atoms with van der Waals surface area (Å²) >= 11 is 0. The summed E-state index contributed by atoms with van der Waals surface area (Å²) in [4.78, 5) is 24.9. The van der Waals surface area contributed by atoms with E-state index in [1.54, 1.807) is 6.92 Å². The van der Waals surface area contributed by atoms with E-state index in [0.717, 1.165) is 12.8 Å². The molecule has 0 aromatic heterocycles. The Hall–Kier alpha value is -1.48. The van der Waals surface area contributed by atoms with Gasteiger partial charge in [-0.05, 0) is 19.8 Å². The highest BCUT2D eigenvalue weighted by Crippen LogP contribution is 2.30. The summed E-state index contributed by atoms with van der Waals surface area (Å²) in [5.41, 5.74) is 7.95. The summed E-state index contributed by atoms with van der Waals surface area (Å²) in [5.74, 6) is -1.40. The zero-order chi connectivity index (χ0) is 9.84. The molecule has 1 aliphatic carbocycles. The first-order chi connectivity index (χ1) is 6.20. The minimum atomic E-state index is -0.845. The lowest BCUT2D eigenvalue weighted by molar-refractivity contribution is -0.142. The molecule has 0 bridgehead atoms. The lowest BCUT2D eigenvalue weighted by atomic mass is 10.2. The highest BCUT2D eigenvalue weighted by molar-refractivity contribution is 6.62. The second-order valence-corrected chi connectivity index (χ2v) is 2.81. The molecular formula is C8H10N2O3. The van der Waals surface area contributed by atoms with Gasteiger partial charge in [-0.1, -0.05) is 0 Å². The molecule has 0 unspecified atom stereocenters. The maximum atomic E-state index is 11.3. The van der Waals surface area contributed by atoms with Gasteiger partial charge in [-0.2, -0.15) is 4.79 Å². The zero-order valence-corrected chi connectivity index (χ0v) is 7.32. The van der Waals surface area contributed by atoms with E-state index < -0.39 is 17.5 Å². The van der Waals surface area contributed by atoms with Crippen LogP contribution in [0.15, 0.2) is 0 Å². The molecule has 0 aromatic rings. The minimum Gasteiger partial charge on any atom is -0.457 e. The van der Waals surface area contributed by atoms with E-state index in [1.807, 2.05) is 0 Å². The average Bonchev–Trinajstić information content (AvgIpc) is 2.88. The molecular weight excluding hydrogens is 172 g/mol. The van der Waals surface area contributed by atoms with Crippen molar-refractivity contribution in [3.63, 3.8) is 0 Å². The Balaban J connectivity index is 2.67. The third kappa shape index (κ3) is 2.23. The van der Waals surface area contributed by atoms with Crippen LogP contribution >= 0.6 is 0 Å². The number of hydrogen-bond acceptors (Lipinski definition) is 3. The van der Waals surface area contributed by atoms with E-state index >= 15 is 0 Å². The first-order valence-electron chi connectivity index (χ1n) is 4.14. The molecule has 0 radical (unpaired) electrons. The van der Waals surface area contributed by atoms with Gasteiger partial charge in [0.2, 0.25) is 0 Å². The van der Waals surface area contributed by atoms with Gasteiger partial charge >= 0.3 is 11.7 Å². The summed E-state index contributed by atoms with van der Waals surface area (Å²) in [6, 6.07) is 0. The van der Waals surface area contributed by atoms with Crippen molar-refractivity contribution >= 4 is 17.5 Å². The third-order valence-electron chi connectivity index (χ3n) is 1.75. The van der Waals surface area contributed by atoms with Gasteiger partial charge in [0.1, 0.15) is 0 Å². The van der Waals surface area contributed by atoms with Gasteiger partial charge in [-0.3, -0.25) is 4.79 Å². The number of carbonyl (C=O) groups excluding carboxylic acids is 2. The van der Waals surface area contributed by atoms with Gasteiger partial charge in [0.05, 0.1) is 6.61 Å². The standard InChI is InChI=1S/C8H10N2O3/c1-2-13-8(12)6(10-9)7(11)5-3-4-5/h5H,2-4H2,1H3. The lowest BCUT2D eigenvalue weighted by Crippen LogP contribution is -2.28. The molecule has 0 heterocycles. The Morgan fingerprint density at radius 1 is 1.54 bits per heavy atom. The van der Waals surface area contributed by atoms with Crippen LogP contribution in [0, 0.1) is 5.92 Å². The maximum absolute atomic E-state index is 11.3. The molecule has 0 spiro atoms. The number of ketones is 1. The van der Waals surface area contributed by atoms with Gasteiger partial charge in [-0.15, -0.1) is 0 Å². The van der Waals surface area contributed by atoms with Crippen molar-refractivity contribution in [2.75, 3.05) is 6.61 Å². The molecule has 0 N–H and O–H groups in total. The molecule has 13 heavy (non-hydrogen) atoms. The summed E-state index contributed by atoms with van der Waals surface area (Å²) in [6.07, 6.45) is 1.52. The molecule has 0 amide bonds. The number of esters is 1. The monoisotopic (exact) mass is 182 g/mol. The fraction of sp³-hybridized carbons (Fsp3) is 0.625. The van der Waals surface area contributed by atoms with E-state index in [4.69, 9.17) is 5.53 Å². The van der Waals surface area contributed by atoms with E-state index in [-0.39, 0.29) is 12.5 Å². The van der Waals surface area contributed by atoms with Crippen LogP contribution in [0.25, 0.3) is 5.53 Å². The normalized spacial score (nSPS) is 14.5. The smallest absolute Gasteiger partial charge is 0.441 e. The Kier molecular flexibility index (Phi) is 2.93. The molecule has 0 aliphatic heterocycles. The molecule has 5 nitrogen and oxygen atoms in total. The molecule has 5 heteroatoms. The van der Waals surface area contributed by atoms with Crippen molar-refractivity contribution in [3.05, 3.63) is 5.53 Å². The van der Waals surface area contributed by atoms with Crippen molar-refractivity contribution in [3.8, 4) is 0 Å². The largest absolute Gasteiger partial charge is 0.457 e. The Labute approximate surface area is 75.3 Å². The van der Waals surface area contributed by atoms with E-state index in [1.165, 1.54) is 0 Å². The van der Waals surface area contributed by atoms with Crippen molar-refractivity contribution in [2.45, 2.75) is 19.8 Å². The SMILES string of the molecule is CCOC(=O)C(=[N+]=[N-])C(=O)C1CC1. The first kappa shape index (κ1) is 9.61. The summed E-state index contributed by atoms with van der Waals surface area (Å²) in [5, 5.41) is 0. The molecule has 0 aromatic carbocycles. The van der Waals surface area contributed by atoms with Crippen LogP contribution in [0.3, 0.4) is 0 Å². The number of Topliss-reactive ketones (excluding diaryl/α,β-unsaturated/α-hetero) is 1. The van der Waals surface area contributed by atoms with Crippen LogP contribution in [0.5, 0.6) is 0 Å². The molecule has 1 fully saturated rings. The number of nitrogens with zero attached hydrogens (tertiary/aromatic N) is 2. The number of carbonyl (C=O) groups is 2. The lowest BCUT2D eigenvalue weighted by Gasteiger charge is -1.94. The van der Waals surface area contributed by atoms with Crippen molar-refractivity contribution in [1.29, 1.82) is 0 Å². The highest BCUT2D eigenvalue weighted by Gasteiger charge is 2.42. The van der Waals surface area contributed by atoms with Crippen molar-refractivity contribution in [1.82, 2.24) is 0 Å². The van der Waals surface area contributed by atoms with Crippen molar-refractivity contribution in [2.24, 2.45) is 5.92 Å². The van der Waals surface area contributed by atoms with E-state index in [2.05, 4.69) is 9.53 Å². The number of rotatable bonds is 4. The average molecular weight is 182 g/mol. The second kappa shape index (κ2) is 3.96. The topological polar surface area (TPSA) is 79.8 Å². The van der Waals surface area contributed by atoms with E-state index in [0.29, 0.717) is 0 Å². The Morgan fingerprint density at radius 2 is 2.15 bits per heavy atom. The molecule has 70 valence electrons. The van der Waals surface area contributed by atoms with Crippen LogP contribution < -0.4 is 0 Å². The second-order valence-electron chi connectivity index (χ2n) is 2.81. The van der Waals surface area contributed by atoms with Crippen LogP contribution in [-0.2, 0) is 14.3 Å². The number of hydrogen-bond donors (Lipinski definition) is 0. The quantitative estimate of drug-likeness (QED) is 0.205. The maximum Gasteiger partial charge on any atom is 0.441 e. The summed E-state index contributed by atoms with van der Waals surface area (Å²) in [6.45, 7) is 1.78. The van der Waals surface area contributed by atoms with Crippen LogP contribution in [0.1, 0.15) is 19.8 Å². The fourth-order valence-electron chi connectivity index (χ4n) is 0.929. The molecule has 1 aliphatic rings. The summed E-state index contributed by atoms with van der Waals surface area (Å²) in [7, 11) is 0. The van der Waals surface area contributed by atoms with Crippen LogP contribution in [-0.4, -0.2) is 28.9 Å². The predicted molar refractivity (Wildman–Crippen MR) is 43.0 cm³/mol. The molecule has 0 saturated heterocycles. The van der Waals surface area contributed by atoms with Crippen LogP contribution in [0.4, 0.5) is 0 Å². The van der Waals surface area contributed by atoms with Gasteiger partial charge < -0.3 is 10.3 Å².